The second-order valence-corrected chi connectivity index (χ2v) is 5.73. The van der Waals surface area contributed by atoms with Crippen molar-refractivity contribution >= 4 is 6.09 Å². The molecule has 20 heavy (non-hydrogen) atoms. The predicted molar refractivity (Wildman–Crippen MR) is 77.5 cm³/mol. The van der Waals surface area contributed by atoms with Crippen LogP contribution in [-0.4, -0.2) is 41.7 Å². The van der Waals surface area contributed by atoms with E-state index in [-0.39, 0.29) is 6.61 Å². The molecule has 3 N–H and O–H groups in total. The molecule has 5 heteroatoms. The molecule has 0 heterocycles. The number of carbonyl (C=O) groups is 1. The highest BCUT2D eigenvalue weighted by Gasteiger charge is 2.26. The van der Waals surface area contributed by atoms with E-state index in [1.54, 1.807) is 0 Å². The van der Waals surface area contributed by atoms with Crippen LogP contribution in [0.15, 0.2) is 0 Å². The van der Waals surface area contributed by atoms with Crippen molar-refractivity contribution in [1.29, 1.82) is 0 Å². The minimum absolute atomic E-state index is 0.341. The van der Waals surface area contributed by atoms with Crippen LogP contribution in [0.5, 0.6) is 0 Å². The number of aliphatic hydroxyl groups is 2. The lowest BCUT2D eigenvalue weighted by Gasteiger charge is -2.29. The third-order valence-electron chi connectivity index (χ3n) is 4.00. The van der Waals surface area contributed by atoms with Crippen molar-refractivity contribution in [2.24, 2.45) is 5.92 Å². The third kappa shape index (κ3) is 6.57. The highest BCUT2D eigenvalue weighted by atomic mass is 16.5. The number of amides is 1. The van der Waals surface area contributed by atoms with Crippen LogP contribution in [0.2, 0.25) is 0 Å². The summed E-state index contributed by atoms with van der Waals surface area (Å²) in [6, 6.07) is -0.419. The molecule has 0 saturated heterocycles. The van der Waals surface area contributed by atoms with Gasteiger partial charge in [0.1, 0.15) is 0 Å². The highest BCUT2D eigenvalue weighted by molar-refractivity contribution is 5.67. The van der Waals surface area contributed by atoms with Crippen LogP contribution in [0.25, 0.3) is 0 Å². The lowest BCUT2D eigenvalue weighted by atomic mass is 9.84. The molecular formula is C15H29NO4. The fourth-order valence-electron chi connectivity index (χ4n) is 2.72. The molecule has 1 aliphatic carbocycles. The van der Waals surface area contributed by atoms with Gasteiger partial charge in [-0.3, -0.25) is 0 Å². The van der Waals surface area contributed by atoms with Crippen LogP contribution in [0.3, 0.4) is 0 Å². The van der Waals surface area contributed by atoms with E-state index < -0.39 is 18.2 Å². The Labute approximate surface area is 121 Å². The van der Waals surface area contributed by atoms with Gasteiger partial charge in [0, 0.05) is 0 Å². The topological polar surface area (TPSA) is 78.8 Å². The standard InChI is InChI=1S/C15H29NO4/c1-2-3-9-20-15(19)16-13(14(18)11-17)10-12-7-5-4-6-8-12/h12-14,17-18H,2-11H2,1H3,(H,16,19)/t13-,14-/m0/s1. The zero-order valence-corrected chi connectivity index (χ0v) is 12.5. The summed E-state index contributed by atoms with van der Waals surface area (Å²) in [6.07, 6.45) is 7.09. The molecular weight excluding hydrogens is 258 g/mol. The molecule has 118 valence electrons. The molecule has 5 nitrogen and oxygen atoms in total. The van der Waals surface area contributed by atoms with E-state index >= 15 is 0 Å². The normalized spacial score (nSPS) is 19.4. The smallest absolute Gasteiger partial charge is 0.407 e. The Hall–Kier alpha value is -0.810. The maximum Gasteiger partial charge on any atom is 0.407 e. The van der Waals surface area contributed by atoms with Crippen molar-refractivity contribution in [3.63, 3.8) is 0 Å². The van der Waals surface area contributed by atoms with Gasteiger partial charge < -0.3 is 20.3 Å². The second kappa shape index (κ2) is 10.00. The quantitative estimate of drug-likeness (QED) is 0.598. The van der Waals surface area contributed by atoms with E-state index in [9.17, 15) is 9.90 Å². The number of ether oxygens (including phenoxy) is 1. The number of hydrogen-bond donors (Lipinski definition) is 3. The maximum absolute atomic E-state index is 11.7. The predicted octanol–water partition coefficient (Wildman–Crippen LogP) is 2.20. The highest BCUT2D eigenvalue weighted by Crippen LogP contribution is 2.28. The average Bonchev–Trinajstić information content (AvgIpc) is 2.47. The van der Waals surface area contributed by atoms with Crippen LogP contribution >= 0.6 is 0 Å². The molecule has 0 unspecified atom stereocenters. The van der Waals surface area contributed by atoms with Gasteiger partial charge in [-0.05, 0) is 18.8 Å². The lowest BCUT2D eigenvalue weighted by Crippen LogP contribution is -2.46. The minimum atomic E-state index is -0.921. The van der Waals surface area contributed by atoms with Crippen molar-refractivity contribution in [1.82, 2.24) is 5.32 Å². The van der Waals surface area contributed by atoms with Crippen LogP contribution in [0.1, 0.15) is 58.3 Å². The first-order chi connectivity index (χ1) is 9.67. The Morgan fingerprint density at radius 1 is 1.35 bits per heavy atom. The summed E-state index contributed by atoms with van der Waals surface area (Å²) < 4.78 is 5.05. The van der Waals surface area contributed by atoms with Crippen LogP contribution < -0.4 is 5.32 Å². The first kappa shape index (κ1) is 17.2. The van der Waals surface area contributed by atoms with Crippen LogP contribution in [-0.2, 0) is 4.74 Å². The summed E-state index contributed by atoms with van der Waals surface area (Å²) >= 11 is 0. The Kier molecular flexibility index (Phi) is 8.62. The summed E-state index contributed by atoms with van der Waals surface area (Å²) in [5.74, 6) is 0.519. The van der Waals surface area contributed by atoms with Crippen LogP contribution in [0, 0.1) is 5.92 Å². The molecule has 1 amide bonds. The zero-order chi connectivity index (χ0) is 14.8. The number of carbonyl (C=O) groups excluding carboxylic acids is 1. The summed E-state index contributed by atoms with van der Waals surface area (Å²) in [4.78, 5) is 11.7. The van der Waals surface area contributed by atoms with Crippen molar-refractivity contribution < 1.29 is 19.7 Å². The molecule has 1 fully saturated rings. The number of hydrogen-bond acceptors (Lipinski definition) is 4. The number of unbranched alkanes of at least 4 members (excludes halogenated alkanes) is 1. The molecule has 0 aromatic carbocycles. The van der Waals surface area contributed by atoms with E-state index in [4.69, 9.17) is 9.84 Å². The Balaban J connectivity index is 2.40. The van der Waals surface area contributed by atoms with Gasteiger partial charge in [-0.15, -0.1) is 0 Å². The molecule has 2 atom stereocenters. The van der Waals surface area contributed by atoms with Gasteiger partial charge in [0.2, 0.25) is 0 Å². The van der Waals surface area contributed by atoms with Gasteiger partial charge >= 0.3 is 6.09 Å². The number of nitrogens with one attached hydrogen (secondary N) is 1. The second-order valence-electron chi connectivity index (χ2n) is 5.73. The largest absolute Gasteiger partial charge is 0.450 e. The Morgan fingerprint density at radius 2 is 2.05 bits per heavy atom. The van der Waals surface area contributed by atoms with E-state index in [1.807, 2.05) is 6.92 Å². The SMILES string of the molecule is CCCCOC(=O)N[C@@H](CC1CCCCC1)[C@@H](O)CO. The molecule has 0 spiro atoms. The fourth-order valence-corrected chi connectivity index (χ4v) is 2.72. The number of aliphatic hydroxyl groups excluding tert-OH is 2. The third-order valence-corrected chi connectivity index (χ3v) is 4.00. The van der Waals surface area contributed by atoms with Gasteiger partial charge in [0.15, 0.2) is 0 Å². The van der Waals surface area contributed by atoms with E-state index in [2.05, 4.69) is 5.32 Å². The first-order valence-electron chi connectivity index (χ1n) is 7.89. The number of alkyl carbamates (subject to hydrolysis) is 1. The summed E-state index contributed by atoms with van der Waals surface area (Å²) in [6.45, 7) is 2.09. The fraction of sp³-hybridized carbons (Fsp3) is 0.933. The van der Waals surface area contributed by atoms with Crippen molar-refractivity contribution in [2.45, 2.75) is 70.4 Å². The number of rotatable bonds is 8. The van der Waals surface area contributed by atoms with E-state index in [0.717, 1.165) is 25.7 Å². The van der Waals surface area contributed by atoms with Gasteiger partial charge in [-0.25, -0.2) is 4.79 Å². The van der Waals surface area contributed by atoms with Crippen molar-refractivity contribution in [2.75, 3.05) is 13.2 Å². The molecule has 1 aliphatic rings. The molecule has 0 bridgehead atoms. The first-order valence-corrected chi connectivity index (χ1v) is 7.89. The zero-order valence-electron chi connectivity index (χ0n) is 12.5. The summed E-state index contributed by atoms with van der Waals surface area (Å²) in [5.41, 5.74) is 0. The van der Waals surface area contributed by atoms with Gasteiger partial charge in [0.05, 0.1) is 25.4 Å². The van der Waals surface area contributed by atoms with Crippen LogP contribution in [0.4, 0.5) is 4.79 Å². The minimum Gasteiger partial charge on any atom is -0.450 e. The lowest BCUT2D eigenvalue weighted by molar-refractivity contribution is 0.0483. The Bertz CT molecular complexity index is 267. The molecule has 1 saturated carbocycles. The Morgan fingerprint density at radius 3 is 2.65 bits per heavy atom. The molecule has 1 rings (SSSR count). The summed E-state index contributed by atoms with van der Waals surface area (Å²) in [7, 11) is 0. The van der Waals surface area contributed by atoms with E-state index in [0.29, 0.717) is 18.9 Å². The molecule has 0 aromatic heterocycles. The monoisotopic (exact) mass is 287 g/mol. The van der Waals surface area contributed by atoms with Crippen molar-refractivity contribution in [3.05, 3.63) is 0 Å². The summed E-state index contributed by atoms with van der Waals surface area (Å²) in [5, 5.41) is 21.7. The van der Waals surface area contributed by atoms with E-state index in [1.165, 1.54) is 19.3 Å². The molecule has 0 aliphatic heterocycles. The van der Waals surface area contributed by atoms with Gasteiger partial charge in [-0.1, -0.05) is 45.4 Å². The van der Waals surface area contributed by atoms with Crippen molar-refractivity contribution in [3.8, 4) is 0 Å². The molecule has 0 radical (unpaired) electrons. The maximum atomic E-state index is 11.7. The average molecular weight is 287 g/mol. The molecule has 0 aromatic rings. The van der Waals surface area contributed by atoms with Gasteiger partial charge in [0.25, 0.3) is 0 Å². The van der Waals surface area contributed by atoms with Gasteiger partial charge in [-0.2, -0.15) is 0 Å².